The molecule has 13 nitrogen and oxygen atoms in total. The first-order chi connectivity index (χ1) is 31.1. The summed E-state index contributed by atoms with van der Waals surface area (Å²) in [6.07, 6.45) is 4.10. The number of anilines is 2. The number of halogens is 1. The molecule has 1 atom stereocenters. The van der Waals surface area contributed by atoms with E-state index < -0.39 is 20.9 Å². The number of sulfonamides is 1. The van der Waals surface area contributed by atoms with Crippen molar-refractivity contribution < 1.29 is 23.0 Å². The van der Waals surface area contributed by atoms with Crippen molar-refractivity contribution >= 4 is 61.9 Å². The van der Waals surface area contributed by atoms with Gasteiger partial charge in [0.2, 0.25) is 0 Å². The first-order valence-corrected chi connectivity index (χ1v) is 25.4. The summed E-state index contributed by atoms with van der Waals surface area (Å²) < 4.78 is 29.3. The number of piperazine rings is 2. The second kappa shape index (κ2) is 21.9. The van der Waals surface area contributed by atoms with E-state index in [1.165, 1.54) is 28.8 Å². The Morgan fingerprint density at radius 3 is 2.23 bits per heavy atom. The minimum atomic E-state index is -4.45. The van der Waals surface area contributed by atoms with Gasteiger partial charge in [0.1, 0.15) is 5.69 Å². The van der Waals surface area contributed by atoms with Crippen molar-refractivity contribution in [2.75, 3.05) is 81.4 Å². The van der Waals surface area contributed by atoms with Crippen LogP contribution in [0.15, 0.2) is 112 Å². The Morgan fingerprint density at radius 1 is 0.892 bits per heavy atom. The molecular formula is C49H62ClN7O6S2. The molecule has 0 bridgehead atoms. The van der Waals surface area contributed by atoms with Gasteiger partial charge in [-0.3, -0.25) is 24.6 Å². The highest BCUT2D eigenvalue weighted by Crippen LogP contribution is 2.43. The van der Waals surface area contributed by atoms with Crippen LogP contribution < -0.4 is 14.9 Å². The molecule has 2 fully saturated rings. The Hall–Kier alpha value is -4.48. The lowest BCUT2D eigenvalue weighted by Crippen LogP contribution is -2.47. The van der Waals surface area contributed by atoms with Gasteiger partial charge in [-0.05, 0) is 117 Å². The van der Waals surface area contributed by atoms with Crippen LogP contribution in [-0.4, -0.2) is 117 Å². The Labute approximate surface area is 393 Å². The zero-order valence-corrected chi connectivity index (χ0v) is 40.3. The fourth-order valence-electron chi connectivity index (χ4n) is 8.84. The van der Waals surface area contributed by atoms with E-state index in [0.29, 0.717) is 12.2 Å². The largest absolute Gasteiger partial charge is 0.376 e. The fraction of sp³-hybridized carbons (Fsp3) is 0.449. The number of hydrogen-bond acceptors (Lipinski definition) is 12. The zero-order chi connectivity index (χ0) is 46.1. The van der Waals surface area contributed by atoms with Crippen LogP contribution in [0.1, 0.15) is 69.3 Å². The Balaban J connectivity index is 0.956. The van der Waals surface area contributed by atoms with E-state index in [1.807, 2.05) is 73.5 Å². The normalized spacial score (nSPS) is 18.2. The van der Waals surface area contributed by atoms with Gasteiger partial charge in [0, 0.05) is 104 Å². The highest BCUT2D eigenvalue weighted by atomic mass is 35.5. The first-order valence-electron chi connectivity index (χ1n) is 22.6. The van der Waals surface area contributed by atoms with Crippen LogP contribution in [0.3, 0.4) is 0 Å². The summed E-state index contributed by atoms with van der Waals surface area (Å²) in [7, 11) is -4.45. The molecule has 4 aromatic rings. The average Bonchev–Trinajstić information content (AvgIpc) is 3.28. The molecule has 348 valence electrons. The molecule has 0 radical (unpaired) electrons. The molecule has 16 heteroatoms. The summed E-state index contributed by atoms with van der Waals surface area (Å²) in [6, 6.07) is 28.6. The number of carbonyl (C=O) groups is 1. The van der Waals surface area contributed by atoms with Crippen molar-refractivity contribution in [3.63, 3.8) is 0 Å². The minimum absolute atomic E-state index is 0.120. The molecule has 65 heavy (non-hydrogen) atoms. The van der Waals surface area contributed by atoms with E-state index in [2.05, 4.69) is 50.7 Å². The molecule has 1 aliphatic carbocycles. The van der Waals surface area contributed by atoms with E-state index in [1.54, 1.807) is 23.9 Å². The van der Waals surface area contributed by atoms with Crippen LogP contribution in [-0.2, 0) is 14.9 Å². The number of nitrogens with one attached hydrogen (secondary N) is 2. The van der Waals surface area contributed by atoms with Crippen molar-refractivity contribution in [3.8, 4) is 0 Å². The van der Waals surface area contributed by atoms with Crippen molar-refractivity contribution in [1.29, 1.82) is 0 Å². The Kier molecular flexibility index (Phi) is 16.3. The molecule has 2 heterocycles. The van der Waals surface area contributed by atoms with Gasteiger partial charge in [0.25, 0.3) is 21.6 Å². The fourth-order valence-corrected chi connectivity index (χ4v) is 11.0. The lowest BCUT2D eigenvalue weighted by Gasteiger charge is -2.39. The standard InChI is InChI=1S/C49H62ClN7O6S2/c1-36(2)63-56-30-26-53(27-31-56)23-21-41(35-64-43-8-6-5-7-9-43)51-46-19-18-44(32-47(46)57(59)60)65(61,62)52-48(58)38-12-16-42(17-13-38)55-28-24-54(25-29-55)34-39-33-49(3,4)22-20-45(39)37-10-14-40(50)15-11-37/h5-19,32,36,41,51H,20-31,33-35H2,1-4H3,(H,52,58)/t41-/m1/s1. The van der Waals surface area contributed by atoms with Gasteiger partial charge in [-0.25, -0.2) is 13.1 Å². The maximum atomic E-state index is 13.6. The van der Waals surface area contributed by atoms with Gasteiger partial charge in [0.15, 0.2) is 0 Å². The molecule has 0 saturated carbocycles. The summed E-state index contributed by atoms with van der Waals surface area (Å²) in [5, 5.41) is 18.5. The van der Waals surface area contributed by atoms with Gasteiger partial charge >= 0.3 is 0 Å². The topological polar surface area (TPSA) is 141 Å². The van der Waals surface area contributed by atoms with Gasteiger partial charge in [-0.1, -0.05) is 61.4 Å². The highest BCUT2D eigenvalue weighted by molar-refractivity contribution is 7.99. The number of thioether (sulfide) groups is 1. The maximum absolute atomic E-state index is 13.6. The third-order valence-electron chi connectivity index (χ3n) is 12.4. The van der Waals surface area contributed by atoms with Gasteiger partial charge in [-0.15, -0.1) is 11.8 Å². The minimum Gasteiger partial charge on any atom is -0.376 e. The average molecular weight is 945 g/mol. The quantitative estimate of drug-likeness (QED) is 0.0559. The smallest absolute Gasteiger partial charge is 0.293 e. The van der Waals surface area contributed by atoms with E-state index in [0.717, 1.165) is 106 Å². The van der Waals surface area contributed by atoms with Crippen LogP contribution >= 0.6 is 23.4 Å². The van der Waals surface area contributed by atoms with Crippen molar-refractivity contribution in [2.24, 2.45) is 5.41 Å². The van der Waals surface area contributed by atoms with Gasteiger partial charge in [0.05, 0.1) is 15.9 Å². The van der Waals surface area contributed by atoms with E-state index in [4.69, 9.17) is 16.4 Å². The van der Waals surface area contributed by atoms with Crippen LogP contribution in [0, 0.1) is 15.5 Å². The summed E-state index contributed by atoms with van der Waals surface area (Å²) in [5.41, 5.74) is 5.38. The van der Waals surface area contributed by atoms with Crippen LogP contribution in [0.5, 0.6) is 0 Å². The van der Waals surface area contributed by atoms with Crippen LogP contribution in [0.4, 0.5) is 17.1 Å². The maximum Gasteiger partial charge on any atom is 0.293 e. The highest BCUT2D eigenvalue weighted by Gasteiger charge is 2.30. The molecular weight excluding hydrogens is 882 g/mol. The summed E-state index contributed by atoms with van der Waals surface area (Å²) in [4.78, 5) is 38.9. The number of benzene rings is 4. The number of rotatable bonds is 18. The van der Waals surface area contributed by atoms with Gasteiger partial charge in [-0.2, -0.15) is 5.06 Å². The number of nitro groups is 1. The molecule has 2 N–H and O–H groups in total. The number of hydrogen-bond donors (Lipinski definition) is 2. The molecule has 7 rings (SSSR count). The zero-order valence-electron chi connectivity index (χ0n) is 37.9. The Morgan fingerprint density at radius 2 is 1.57 bits per heavy atom. The van der Waals surface area contributed by atoms with Crippen molar-refractivity contribution in [1.82, 2.24) is 19.6 Å². The molecule has 0 aromatic heterocycles. The summed E-state index contributed by atoms with van der Waals surface area (Å²) in [5.74, 6) is -0.187. The number of nitrogens with zero attached hydrogens (tertiary/aromatic N) is 5. The van der Waals surface area contributed by atoms with Gasteiger partial charge < -0.3 is 15.1 Å². The summed E-state index contributed by atoms with van der Waals surface area (Å²) >= 11 is 7.86. The third kappa shape index (κ3) is 13.6. The molecule has 2 aliphatic heterocycles. The molecule has 2 saturated heterocycles. The lowest BCUT2D eigenvalue weighted by atomic mass is 9.73. The third-order valence-corrected chi connectivity index (χ3v) is 15.1. The predicted molar refractivity (Wildman–Crippen MR) is 262 cm³/mol. The molecule has 1 amide bonds. The Bertz CT molecular complexity index is 2390. The number of carbonyl (C=O) groups excluding carboxylic acids is 1. The number of nitro benzene ring substituents is 1. The number of amides is 1. The van der Waals surface area contributed by atoms with Crippen LogP contribution in [0.2, 0.25) is 5.02 Å². The monoisotopic (exact) mass is 943 g/mol. The molecule has 0 unspecified atom stereocenters. The first kappa shape index (κ1) is 48.5. The number of hydroxylamine groups is 2. The van der Waals surface area contributed by atoms with Crippen molar-refractivity contribution in [2.45, 2.75) is 75.3 Å². The summed E-state index contributed by atoms with van der Waals surface area (Å²) in [6.45, 7) is 17.1. The SMILES string of the molecule is CC(C)ON1CCN(CC[C@H](CSc2ccccc2)Nc2ccc(S(=O)(=O)NC(=O)c3ccc(N4CCN(CC5=C(c6ccc(Cl)cc6)CCC(C)(C)C5)CC4)cc3)cc2[N+](=O)[O-])CC1. The number of allylic oxidation sites excluding steroid dienone is 1. The van der Waals surface area contributed by atoms with Crippen LogP contribution in [0.25, 0.3) is 5.57 Å². The lowest BCUT2D eigenvalue weighted by molar-refractivity contribution is -0.384. The van der Waals surface area contributed by atoms with E-state index in [-0.39, 0.29) is 39.4 Å². The molecule has 3 aliphatic rings. The second-order valence-electron chi connectivity index (χ2n) is 18.3. The molecule has 4 aromatic carbocycles. The van der Waals surface area contributed by atoms with Crippen molar-refractivity contribution in [3.05, 3.63) is 129 Å². The van der Waals surface area contributed by atoms with E-state index in [9.17, 15) is 23.3 Å². The van der Waals surface area contributed by atoms with E-state index >= 15 is 0 Å². The second-order valence-corrected chi connectivity index (χ2v) is 21.5. The predicted octanol–water partition coefficient (Wildman–Crippen LogP) is 9.07. The molecule has 0 spiro atoms.